The van der Waals surface area contributed by atoms with Crippen LogP contribution in [0.4, 0.5) is 4.39 Å². The Bertz CT molecular complexity index is 471. The van der Waals surface area contributed by atoms with Gasteiger partial charge < -0.3 is 5.11 Å². The Kier molecular flexibility index (Phi) is 3.47. The van der Waals surface area contributed by atoms with Crippen molar-refractivity contribution in [2.45, 2.75) is 10.6 Å². The Morgan fingerprint density at radius 1 is 1.06 bits per heavy atom. The van der Waals surface area contributed by atoms with Gasteiger partial charge in [-0.05, 0) is 23.8 Å². The first kappa shape index (κ1) is 11.0. The van der Waals surface area contributed by atoms with Crippen LogP contribution >= 0.6 is 11.8 Å². The van der Waals surface area contributed by atoms with Gasteiger partial charge in [-0.2, -0.15) is 0 Å². The van der Waals surface area contributed by atoms with E-state index in [4.69, 9.17) is 5.11 Å². The smallest absolute Gasteiger partial charge is 0.165 e. The number of phenolic OH excluding ortho intramolecular Hbond substituents is 1. The van der Waals surface area contributed by atoms with E-state index in [0.717, 1.165) is 10.6 Å². The van der Waals surface area contributed by atoms with Gasteiger partial charge >= 0.3 is 0 Å². The minimum Gasteiger partial charge on any atom is -0.505 e. The molecular weight excluding hydrogens is 223 g/mol. The van der Waals surface area contributed by atoms with Gasteiger partial charge in [0, 0.05) is 10.6 Å². The second-order valence-corrected chi connectivity index (χ2v) is 4.44. The van der Waals surface area contributed by atoms with Crippen LogP contribution in [0.5, 0.6) is 5.75 Å². The Morgan fingerprint density at radius 3 is 2.50 bits per heavy atom. The van der Waals surface area contributed by atoms with E-state index in [0.29, 0.717) is 0 Å². The van der Waals surface area contributed by atoms with Crippen LogP contribution in [0.15, 0.2) is 53.4 Å². The number of benzene rings is 2. The largest absolute Gasteiger partial charge is 0.505 e. The second kappa shape index (κ2) is 5.03. The Balaban J connectivity index is 2.03. The average Bonchev–Trinajstić information content (AvgIpc) is 2.32. The fourth-order valence-electron chi connectivity index (χ4n) is 1.32. The zero-order valence-corrected chi connectivity index (χ0v) is 9.38. The molecular formula is C13H11FOS. The molecule has 2 aromatic rings. The predicted octanol–water partition coefficient (Wildman–Crippen LogP) is 3.82. The first-order valence-electron chi connectivity index (χ1n) is 4.91. The number of phenols is 1. The highest BCUT2D eigenvalue weighted by Crippen LogP contribution is 2.26. The van der Waals surface area contributed by atoms with Crippen LogP contribution in [0.3, 0.4) is 0 Å². The normalized spacial score (nSPS) is 10.3. The lowest BCUT2D eigenvalue weighted by atomic mass is 10.2. The topological polar surface area (TPSA) is 20.2 Å². The van der Waals surface area contributed by atoms with Crippen LogP contribution in [-0.2, 0) is 5.75 Å². The molecule has 1 nitrogen and oxygen atoms in total. The molecule has 0 aliphatic heterocycles. The van der Waals surface area contributed by atoms with Gasteiger partial charge in [0.2, 0.25) is 0 Å². The summed E-state index contributed by atoms with van der Waals surface area (Å²) in [5, 5.41) is 9.04. The van der Waals surface area contributed by atoms with Gasteiger partial charge in [-0.25, -0.2) is 4.39 Å². The summed E-state index contributed by atoms with van der Waals surface area (Å²) in [6.07, 6.45) is 0. The van der Waals surface area contributed by atoms with E-state index in [1.54, 1.807) is 17.8 Å². The lowest BCUT2D eigenvalue weighted by Crippen LogP contribution is -1.81. The molecule has 0 saturated carbocycles. The number of thioether (sulfide) groups is 1. The van der Waals surface area contributed by atoms with E-state index in [2.05, 4.69) is 0 Å². The molecule has 0 radical (unpaired) electrons. The third-order valence-electron chi connectivity index (χ3n) is 2.17. The summed E-state index contributed by atoms with van der Waals surface area (Å²) in [6, 6.07) is 14.4. The third-order valence-corrected chi connectivity index (χ3v) is 3.23. The summed E-state index contributed by atoms with van der Waals surface area (Å²) in [5.41, 5.74) is 1.20. The minimum atomic E-state index is -0.571. The van der Waals surface area contributed by atoms with Crippen molar-refractivity contribution in [3.05, 3.63) is 59.9 Å². The maximum atomic E-state index is 13.0. The number of hydrogen-bond acceptors (Lipinski definition) is 2. The quantitative estimate of drug-likeness (QED) is 0.815. The van der Waals surface area contributed by atoms with E-state index >= 15 is 0 Å². The molecule has 0 bridgehead atoms. The van der Waals surface area contributed by atoms with E-state index in [1.807, 2.05) is 30.3 Å². The van der Waals surface area contributed by atoms with Crippen LogP contribution in [0.25, 0.3) is 0 Å². The molecule has 16 heavy (non-hydrogen) atoms. The highest BCUT2D eigenvalue weighted by Gasteiger charge is 2.02. The molecule has 0 aliphatic rings. The van der Waals surface area contributed by atoms with Crippen molar-refractivity contribution < 1.29 is 9.50 Å². The molecule has 0 saturated heterocycles. The van der Waals surface area contributed by atoms with Gasteiger partial charge in [0.05, 0.1) is 0 Å². The van der Waals surface area contributed by atoms with Gasteiger partial charge in [-0.3, -0.25) is 0 Å². The van der Waals surface area contributed by atoms with Gasteiger partial charge in [0.25, 0.3) is 0 Å². The third kappa shape index (κ3) is 2.76. The van der Waals surface area contributed by atoms with E-state index in [1.165, 1.54) is 17.7 Å². The Morgan fingerprint density at radius 2 is 1.81 bits per heavy atom. The van der Waals surface area contributed by atoms with Crippen LogP contribution in [0.1, 0.15) is 5.56 Å². The lowest BCUT2D eigenvalue weighted by Gasteiger charge is -2.02. The number of rotatable bonds is 3. The van der Waals surface area contributed by atoms with E-state index in [9.17, 15) is 4.39 Å². The van der Waals surface area contributed by atoms with Crippen LogP contribution in [0.2, 0.25) is 0 Å². The summed E-state index contributed by atoms with van der Waals surface area (Å²) >= 11 is 1.55. The summed E-state index contributed by atoms with van der Waals surface area (Å²) < 4.78 is 13.0. The molecule has 0 heterocycles. The first-order chi connectivity index (χ1) is 7.75. The fourth-order valence-corrected chi connectivity index (χ4v) is 2.20. The molecule has 3 heteroatoms. The average molecular weight is 234 g/mol. The standard InChI is InChI=1S/C13H11FOS/c14-12-8-11(6-7-13(12)15)16-9-10-4-2-1-3-5-10/h1-8,15H,9H2. The van der Waals surface area contributed by atoms with Crippen LogP contribution in [0, 0.1) is 5.82 Å². The van der Waals surface area contributed by atoms with E-state index < -0.39 is 5.82 Å². The maximum absolute atomic E-state index is 13.0. The molecule has 0 aromatic heterocycles. The maximum Gasteiger partial charge on any atom is 0.165 e. The SMILES string of the molecule is Oc1ccc(SCc2ccccc2)cc1F. The molecule has 82 valence electrons. The minimum absolute atomic E-state index is 0.302. The molecule has 1 N–H and O–H groups in total. The highest BCUT2D eigenvalue weighted by atomic mass is 32.2. The molecule has 0 amide bonds. The van der Waals surface area contributed by atoms with Crippen molar-refractivity contribution in [2.24, 2.45) is 0 Å². The summed E-state index contributed by atoms with van der Waals surface area (Å²) in [4.78, 5) is 0.819. The number of halogens is 1. The van der Waals surface area contributed by atoms with Crippen LogP contribution < -0.4 is 0 Å². The number of aromatic hydroxyl groups is 1. The summed E-state index contributed by atoms with van der Waals surface area (Å²) in [6.45, 7) is 0. The molecule has 0 fully saturated rings. The van der Waals surface area contributed by atoms with Gasteiger partial charge in [0.15, 0.2) is 11.6 Å². The molecule has 0 spiro atoms. The van der Waals surface area contributed by atoms with Crippen molar-refractivity contribution in [1.29, 1.82) is 0 Å². The van der Waals surface area contributed by atoms with Gasteiger partial charge in [-0.1, -0.05) is 30.3 Å². The second-order valence-electron chi connectivity index (χ2n) is 3.39. The van der Waals surface area contributed by atoms with Crippen molar-refractivity contribution in [1.82, 2.24) is 0 Å². The zero-order chi connectivity index (χ0) is 11.4. The van der Waals surface area contributed by atoms with Crippen molar-refractivity contribution in [3.63, 3.8) is 0 Å². The van der Waals surface area contributed by atoms with Crippen molar-refractivity contribution >= 4 is 11.8 Å². The van der Waals surface area contributed by atoms with Crippen molar-refractivity contribution in [3.8, 4) is 5.75 Å². The summed E-state index contributed by atoms with van der Waals surface area (Å²) in [5.74, 6) is -0.0764. The Labute approximate surface area is 97.9 Å². The van der Waals surface area contributed by atoms with Crippen molar-refractivity contribution in [2.75, 3.05) is 0 Å². The molecule has 0 atom stereocenters. The predicted molar refractivity (Wildman–Crippen MR) is 64.1 cm³/mol. The summed E-state index contributed by atoms with van der Waals surface area (Å²) in [7, 11) is 0. The zero-order valence-electron chi connectivity index (χ0n) is 8.56. The Hall–Kier alpha value is -1.48. The molecule has 0 aliphatic carbocycles. The molecule has 2 aromatic carbocycles. The fraction of sp³-hybridized carbons (Fsp3) is 0.0769. The van der Waals surface area contributed by atoms with E-state index in [-0.39, 0.29) is 5.75 Å². The monoisotopic (exact) mass is 234 g/mol. The van der Waals surface area contributed by atoms with Gasteiger partial charge in [-0.15, -0.1) is 11.8 Å². The molecule has 2 rings (SSSR count). The van der Waals surface area contributed by atoms with Crippen LogP contribution in [-0.4, -0.2) is 5.11 Å². The lowest BCUT2D eigenvalue weighted by molar-refractivity contribution is 0.431. The van der Waals surface area contributed by atoms with Gasteiger partial charge in [0.1, 0.15) is 0 Å². The highest BCUT2D eigenvalue weighted by molar-refractivity contribution is 7.98. The molecule has 0 unspecified atom stereocenters. The first-order valence-corrected chi connectivity index (χ1v) is 5.89. The number of hydrogen-bond donors (Lipinski definition) is 1.